The van der Waals surface area contributed by atoms with Gasteiger partial charge in [0, 0.05) is 31.4 Å². The first-order chi connectivity index (χ1) is 14.0. The van der Waals surface area contributed by atoms with Crippen molar-refractivity contribution in [2.75, 3.05) is 0 Å². The molecule has 8 heteroatoms. The molecule has 4 rings (SSSR count). The number of benzene rings is 1. The van der Waals surface area contributed by atoms with Crippen LogP contribution in [0.5, 0.6) is 0 Å². The Kier molecular flexibility index (Phi) is 5.16. The fraction of sp³-hybridized carbons (Fsp3) is 0.333. The number of nitrogens with zero attached hydrogens (tertiary/aromatic N) is 4. The number of hydrogen-bond donors (Lipinski definition) is 1. The molecule has 2 heterocycles. The summed E-state index contributed by atoms with van der Waals surface area (Å²) in [5, 5.41) is 18.7. The lowest BCUT2D eigenvalue weighted by Gasteiger charge is -2.22. The second kappa shape index (κ2) is 7.90. The van der Waals surface area contributed by atoms with E-state index in [-0.39, 0.29) is 17.6 Å². The van der Waals surface area contributed by atoms with Crippen molar-refractivity contribution in [1.29, 1.82) is 0 Å². The van der Waals surface area contributed by atoms with Gasteiger partial charge in [-0.25, -0.2) is 4.68 Å². The van der Waals surface area contributed by atoms with Gasteiger partial charge >= 0.3 is 0 Å². The molecule has 1 amide bonds. The molecular weight excluding hydrogens is 370 g/mol. The van der Waals surface area contributed by atoms with E-state index in [1.165, 1.54) is 18.6 Å². The van der Waals surface area contributed by atoms with Gasteiger partial charge in [-0.2, -0.15) is 5.10 Å². The number of carbonyl (C=O) groups is 1. The molecule has 0 unspecified atom stereocenters. The average Bonchev–Trinajstić information content (AvgIpc) is 3.35. The van der Waals surface area contributed by atoms with Crippen LogP contribution in [-0.4, -0.2) is 31.2 Å². The van der Waals surface area contributed by atoms with Gasteiger partial charge in [0.1, 0.15) is 11.4 Å². The zero-order valence-electron chi connectivity index (χ0n) is 16.2. The second-order valence-electron chi connectivity index (χ2n) is 7.41. The fourth-order valence-electron chi connectivity index (χ4n) is 3.81. The Balaban J connectivity index is 1.71. The largest absolute Gasteiger partial charge is 0.349 e. The van der Waals surface area contributed by atoms with E-state index in [1.54, 1.807) is 22.9 Å². The minimum atomic E-state index is -0.445. The molecule has 1 fully saturated rings. The molecule has 150 valence electrons. The molecule has 8 nitrogen and oxygen atoms in total. The van der Waals surface area contributed by atoms with Gasteiger partial charge in [0.2, 0.25) is 0 Å². The molecule has 1 aromatic carbocycles. The maximum absolute atomic E-state index is 13.1. The summed E-state index contributed by atoms with van der Waals surface area (Å²) in [7, 11) is 1.92. The van der Waals surface area contributed by atoms with Crippen molar-refractivity contribution >= 4 is 11.6 Å². The summed E-state index contributed by atoms with van der Waals surface area (Å²) in [4.78, 5) is 23.6. The molecule has 0 aliphatic heterocycles. The number of aromatic nitrogens is 3. The summed E-state index contributed by atoms with van der Waals surface area (Å²) in [5.74, 6) is -0.178. The maximum atomic E-state index is 13.1. The Morgan fingerprint density at radius 3 is 2.52 bits per heavy atom. The summed E-state index contributed by atoms with van der Waals surface area (Å²) in [6.07, 6.45) is 7.36. The van der Waals surface area contributed by atoms with E-state index in [0.717, 1.165) is 31.4 Å². The lowest BCUT2D eigenvalue weighted by atomic mass is 9.95. The van der Waals surface area contributed by atoms with Crippen LogP contribution in [0.3, 0.4) is 0 Å². The van der Waals surface area contributed by atoms with Gasteiger partial charge < -0.3 is 9.88 Å². The number of aryl methyl sites for hydroxylation is 1. The van der Waals surface area contributed by atoms with Crippen molar-refractivity contribution < 1.29 is 9.72 Å². The topological polar surface area (TPSA) is 95.0 Å². The van der Waals surface area contributed by atoms with E-state index < -0.39 is 4.92 Å². The summed E-state index contributed by atoms with van der Waals surface area (Å²) < 4.78 is 3.50. The summed E-state index contributed by atoms with van der Waals surface area (Å²) >= 11 is 0. The molecule has 3 aromatic rings. The molecule has 1 saturated carbocycles. The van der Waals surface area contributed by atoms with E-state index in [2.05, 4.69) is 10.4 Å². The number of amides is 1. The van der Waals surface area contributed by atoms with Crippen molar-refractivity contribution in [3.63, 3.8) is 0 Å². The number of nitrogens with one attached hydrogen (secondary N) is 1. The molecule has 1 aliphatic rings. The monoisotopic (exact) mass is 393 g/mol. The van der Waals surface area contributed by atoms with Crippen LogP contribution >= 0.6 is 0 Å². The summed E-state index contributed by atoms with van der Waals surface area (Å²) in [6.45, 7) is 0. The van der Waals surface area contributed by atoms with Gasteiger partial charge in [0.25, 0.3) is 11.6 Å². The molecule has 2 aromatic heterocycles. The molecule has 0 spiro atoms. The first kappa shape index (κ1) is 18.9. The Morgan fingerprint density at radius 1 is 1.17 bits per heavy atom. The molecule has 0 bridgehead atoms. The Morgan fingerprint density at radius 2 is 1.90 bits per heavy atom. The first-order valence-corrected chi connectivity index (χ1v) is 9.80. The van der Waals surface area contributed by atoms with Gasteiger partial charge in [0.05, 0.1) is 16.3 Å². The Bertz CT molecular complexity index is 1030. The van der Waals surface area contributed by atoms with Gasteiger partial charge in [0.15, 0.2) is 0 Å². The van der Waals surface area contributed by atoms with Gasteiger partial charge in [-0.05, 0) is 43.2 Å². The lowest BCUT2D eigenvalue weighted by molar-refractivity contribution is -0.384. The predicted octanol–water partition coefficient (Wildman–Crippen LogP) is 3.85. The Labute approximate surface area is 168 Å². The van der Waals surface area contributed by atoms with Crippen molar-refractivity contribution in [3.8, 4) is 17.1 Å². The number of nitro groups is 1. The van der Waals surface area contributed by atoms with Gasteiger partial charge in [-0.15, -0.1) is 0 Å². The third-order valence-corrected chi connectivity index (χ3v) is 5.39. The minimum absolute atomic E-state index is 0.00299. The maximum Gasteiger partial charge on any atom is 0.270 e. The number of hydrogen-bond acceptors (Lipinski definition) is 4. The molecule has 0 saturated heterocycles. The third kappa shape index (κ3) is 3.91. The van der Waals surface area contributed by atoms with E-state index in [1.807, 2.05) is 29.9 Å². The van der Waals surface area contributed by atoms with Crippen LogP contribution in [0.4, 0.5) is 5.69 Å². The van der Waals surface area contributed by atoms with Crippen molar-refractivity contribution in [2.24, 2.45) is 7.05 Å². The number of rotatable bonds is 5. The van der Waals surface area contributed by atoms with Gasteiger partial charge in [-0.3, -0.25) is 14.9 Å². The SMILES string of the molecule is Cn1cccc1-c1cc(C(=O)NC2CCCCC2)n(-c2ccc([N+](=O)[O-])cc2)n1. The number of carbonyl (C=O) groups excluding carboxylic acids is 1. The summed E-state index contributed by atoms with van der Waals surface area (Å²) in [6, 6.07) is 11.9. The average molecular weight is 393 g/mol. The minimum Gasteiger partial charge on any atom is -0.349 e. The lowest BCUT2D eigenvalue weighted by Crippen LogP contribution is -2.37. The zero-order chi connectivity index (χ0) is 20.4. The van der Waals surface area contributed by atoms with Crippen LogP contribution in [0.25, 0.3) is 17.1 Å². The normalized spacial score (nSPS) is 14.7. The van der Waals surface area contributed by atoms with Gasteiger partial charge in [-0.1, -0.05) is 19.3 Å². The standard InChI is InChI=1S/C21H23N5O3/c1-24-13-5-8-19(24)18-14-20(21(27)22-15-6-3-2-4-7-15)25(23-18)16-9-11-17(12-10-16)26(28)29/h5,8-15H,2-4,6-7H2,1H3,(H,22,27). The fourth-order valence-corrected chi connectivity index (χ4v) is 3.81. The summed E-state index contributed by atoms with van der Waals surface area (Å²) in [5.41, 5.74) is 2.57. The second-order valence-corrected chi connectivity index (χ2v) is 7.41. The van der Waals surface area contributed by atoms with Crippen LogP contribution < -0.4 is 5.32 Å². The van der Waals surface area contributed by atoms with E-state index in [9.17, 15) is 14.9 Å². The highest BCUT2D eigenvalue weighted by Crippen LogP contribution is 2.24. The van der Waals surface area contributed by atoms with Crippen LogP contribution in [-0.2, 0) is 7.05 Å². The first-order valence-electron chi connectivity index (χ1n) is 9.80. The third-order valence-electron chi connectivity index (χ3n) is 5.39. The van der Waals surface area contributed by atoms with Crippen LogP contribution in [0, 0.1) is 10.1 Å². The number of nitro benzene ring substituents is 1. The highest BCUT2D eigenvalue weighted by atomic mass is 16.6. The van der Waals surface area contributed by atoms with Crippen molar-refractivity contribution in [3.05, 3.63) is 64.5 Å². The van der Waals surface area contributed by atoms with Crippen LogP contribution in [0.2, 0.25) is 0 Å². The van der Waals surface area contributed by atoms with E-state index in [4.69, 9.17) is 0 Å². The predicted molar refractivity (Wildman–Crippen MR) is 109 cm³/mol. The highest BCUT2D eigenvalue weighted by molar-refractivity contribution is 5.94. The molecular formula is C21H23N5O3. The van der Waals surface area contributed by atoms with E-state index >= 15 is 0 Å². The molecule has 1 aliphatic carbocycles. The highest BCUT2D eigenvalue weighted by Gasteiger charge is 2.22. The van der Waals surface area contributed by atoms with E-state index in [0.29, 0.717) is 17.1 Å². The van der Waals surface area contributed by atoms with Crippen molar-refractivity contribution in [1.82, 2.24) is 19.7 Å². The molecule has 29 heavy (non-hydrogen) atoms. The van der Waals surface area contributed by atoms with Crippen LogP contribution in [0.1, 0.15) is 42.6 Å². The number of non-ortho nitro benzene ring substituents is 1. The zero-order valence-corrected chi connectivity index (χ0v) is 16.2. The van der Waals surface area contributed by atoms with Crippen LogP contribution in [0.15, 0.2) is 48.7 Å². The molecule has 0 radical (unpaired) electrons. The molecule has 1 N–H and O–H groups in total. The molecule has 0 atom stereocenters. The Hall–Kier alpha value is -3.42. The van der Waals surface area contributed by atoms with Crippen molar-refractivity contribution in [2.45, 2.75) is 38.1 Å². The quantitative estimate of drug-likeness (QED) is 0.526. The smallest absolute Gasteiger partial charge is 0.270 e.